The fourth-order valence-electron chi connectivity index (χ4n) is 1.63. The van der Waals surface area contributed by atoms with Crippen LogP contribution in [0.1, 0.15) is 21.5 Å². The Morgan fingerprint density at radius 3 is 2.53 bits per heavy atom. The highest BCUT2D eigenvalue weighted by molar-refractivity contribution is 7.80. The zero-order chi connectivity index (χ0) is 13.8. The van der Waals surface area contributed by atoms with E-state index in [1.54, 1.807) is 35.1 Å². The highest BCUT2D eigenvalue weighted by Gasteiger charge is 2.06. The number of rotatable bonds is 4. The van der Waals surface area contributed by atoms with Crippen molar-refractivity contribution in [3.63, 3.8) is 0 Å². The molecule has 1 heterocycles. The van der Waals surface area contributed by atoms with Crippen molar-refractivity contribution in [3.05, 3.63) is 53.3 Å². The molecule has 0 fully saturated rings. The van der Waals surface area contributed by atoms with Crippen molar-refractivity contribution in [2.75, 3.05) is 0 Å². The number of aromatic nitrogens is 2. The zero-order valence-corrected chi connectivity index (χ0v) is 11.3. The van der Waals surface area contributed by atoms with E-state index in [4.69, 9.17) is 18.0 Å². The molecule has 2 rings (SSSR count). The molecule has 1 aromatic heterocycles. The summed E-state index contributed by atoms with van der Waals surface area (Å²) in [6.45, 7) is 0.448. The molecule has 19 heavy (non-hydrogen) atoms. The molecule has 2 aromatic rings. The van der Waals surface area contributed by atoms with Gasteiger partial charge in [-0.1, -0.05) is 24.4 Å². The number of benzene rings is 1. The molecule has 6 heteroatoms. The minimum atomic E-state index is -0.140. The standard InChI is InChI=1S/C13H14N4OS/c1-17-8-9(7-16-17)6-15-13(18)11-4-2-10(3-5-11)12(14)19/h2-5,7-8H,6H2,1H3,(H2,14,19)(H,15,18). The van der Waals surface area contributed by atoms with Gasteiger partial charge >= 0.3 is 0 Å². The molecule has 0 aliphatic heterocycles. The summed E-state index contributed by atoms with van der Waals surface area (Å²) in [5, 5.41) is 6.86. The Morgan fingerprint density at radius 2 is 2.00 bits per heavy atom. The van der Waals surface area contributed by atoms with Crippen molar-refractivity contribution in [1.29, 1.82) is 0 Å². The molecule has 3 N–H and O–H groups in total. The molecule has 0 aliphatic rings. The van der Waals surface area contributed by atoms with E-state index in [2.05, 4.69) is 10.4 Å². The Bertz CT molecular complexity index is 603. The minimum Gasteiger partial charge on any atom is -0.389 e. The summed E-state index contributed by atoms with van der Waals surface area (Å²) in [5.74, 6) is -0.140. The molecule has 0 atom stereocenters. The highest BCUT2D eigenvalue weighted by Crippen LogP contribution is 2.05. The van der Waals surface area contributed by atoms with Crippen LogP contribution in [0.3, 0.4) is 0 Å². The second kappa shape index (κ2) is 5.62. The van der Waals surface area contributed by atoms with Crippen molar-refractivity contribution < 1.29 is 4.79 Å². The monoisotopic (exact) mass is 274 g/mol. The summed E-state index contributed by atoms with van der Waals surface area (Å²) in [5.41, 5.74) is 7.77. The smallest absolute Gasteiger partial charge is 0.251 e. The molecule has 0 unspecified atom stereocenters. The lowest BCUT2D eigenvalue weighted by molar-refractivity contribution is 0.0951. The topological polar surface area (TPSA) is 72.9 Å². The largest absolute Gasteiger partial charge is 0.389 e. The van der Waals surface area contributed by atoms with Gasteiger partial charge in [0.15, 0.2) is 0 Å². The van der Waals surface area contributed by atoms with Gasteiger partial charge in [0.2, 0.25) is 0 Å². The summed E-state index contributed by atoms with van der Waals surface area (Å²) in [6.07, 6.45) is 3.58. The van der Waals surface area contributed by atoms with E-state index in [0.29, 0.717) is 17.1 Å². The molecule has 0 saturated carbocycles. The van der Waals surface area contributed by atoms with E-state index in [1.165, 1.54) is 0 Å². The van der Waals surface area contributed by atoms with Crippen LogP contribution in [0.5, 0.6) is 0 Å². The first-order valence-corrected chi connectivity index (χ1v) is 6.12. The second-order valence-electron chi connectivity index (χ2n) is 4.15. The molecular weight excluding hydrogens is 260 g/mol. The SMILES string of the molecule is Cn1cc(CNC(=O)c2ccc(C(N)=S)cc2)cn1. The molecule has 0 aliphatic carbocycles. The second-order valence-corrected chi connectivity index (χ2v) is 4.59. The van der Waals surface area contributed by atoms with Crippen molar-refractivity contribution in [2.45, 2.75) is 6.54 Å². The number of nitrogens with one attached hydrogen (secondary N) is 1. The van der Waals surface area contributed by atoms with Crippen LogP contribution in [-0.4, -0.2) is 20.7 Å². The number of nitrogens with two attached hydrogens (primary N) is 1. The average molecular weight is 274 g/mol. The first kappa shape index (κ1) is 13.2. The van der Waals surface area contributed by atoms with Gasteiger partial charge < -0.3 is 11.1 Å². The Kier molecular flexibility index (Phi) is 3.91. The third kappa shape index (κ3) is 3.38. The molecule has 1 amide bonds. The van der Waals surface area contributed by atoms with Crippen LogP contribution in [0.4, 0.5) is 0 Å². The van der Waals surface area contributed by atoms with Crippen molar-refractivity contribution in [1.82, 2.24) is 15.1 Å². The van der Waals surface area contributed by atoms with Crippen LogP contribution in [0.2, 0.25) is 0 Å². The number of thiocarbonyl (C=S) groups is 1. The van der Waals surface area contributed by atoms with E-state index in [0.717, 1.165) is 11.1 Å². The Morgan fingerprint density at radius 1 is 1.37 bits per heavy atom. The number of amides is 1. The summed E-state index contributed by atoms with van der Waals surface area (Å²) in [7, 11) is 1.83. The molecule has 0 bridgehead atoms. The van der Waals surface area contributed by atoms with Crippen molar-refractivity contribution in [2.24, 2.45) is 12.8 Å². The maximum Gasteiger partial charge on any atom is 0.251 e. The lowest BCUT2D eigenvalue weighted by Gasteiger charge is -2.04. The lowest BCUT2D eigenvalue weighted by atomic mass is 10.1. The third-order valence-corrected chi connectivity index (χ3v) is 2.88. The number of nitrogens with zero attached hydrogens (tertiary/aromatic N) is 2. The van der Waals surface area contributed by atoms with Crippen molar-refractivity contribution in [3.8, 4) is 0 Å². The number of hydrogen-bond acceptors (Lipinski definition) is 3. The maximum absolute atomic E-state index is 11.9. The van der Waals surface area contributed by atoms with E-state index in [1.807, 2.05) is 13.2 Å². The first-order valence-electron chi connectivity index (χ1n) is 5.72. The summed E-state index contributed by atoms with van der Waals surface area (Å²) in [6, 6.07) is 6.88. The predicted molar refractivity (Wildman–Crippen MR) is 76.7 cm³/mol. The summed E-state index contributed by atoms with van der Waals surface area (Å²) < 4.78 is 1.69. The fraction of sp³-hybridized carbons (Fsp3) is 0.154. The van der Waals surface area contributed by atoms with Crippen LogP contribution in [-0.2, 0) is 13.6 Å². The van der Waals surface area contributed by atoms with E-state index in [9.17, 15) is 4.79 Å². The normalized spacial score (nSPS) is 10.2. The number of hydrogen-bond donors (Lipinski definition) is 2. The molecule has 0 saturated heterocycles. The third-order valence-electron chi connectivity index (χ3n) is 2.64. The lowest BCUT2D eigenvalue weighted by Crippen LogP contribution is -2.22. The number of aryl methyl sites for hydroxylation is 1. The first-order chi connectivity index (χ1) is 9.06. The molecular formula is C13H14N4OS. The van der Waals surface area contributed by atoms with Crippen molar-refractivity contribution >= 4 is 23.1 Å². The quantitative estimate of drug-likeness (QED) is 0.815. The van der Waals surface area contributed by atoms with Crippen LogP contribution in [0, 0.1) is 0 Å². The minimum absolute atomic E-state index is 0.140. The van der Waals surface area contributed by atoms with Gasteiger partial charge in [-0.15, -0.1) is 0 Å². The zero-order valence-electron chi connectivity index (χ0n) is 10.5. The van der Waals surface area contributed by atoms with Crippen LogP contribution < -0.4 is 11.1 Å². The van der Waals surface area contributed by atoms with Gasteiger partial charge in [-0.05, 0) is 12.1 Å². The molecule has 1 aromatic carbocycles. The van der Waals surface area contributed by atoms with Gasteiger partial charge in [-0.25, -0.2) is 0 Å². The van der Waals surface area contributed by atoms with E-state index < -0.39 is 0 Å². The van der Waals surface area contributed by atoms with Gasteiger partial charge in [0.25, 0.3) is 5.91 Å². The van der Waals surface area contributed by atoms with Gasteiger partial charge in [0, 0.05) is 36.5 Å². The Labute approximate surface area is 116 Å². The molecule has 5 nitrogen and oxygen atoms in total. The van der Waals surface area contributed by atoms with E-state index in [-0.39, 0.29) is 5.91 Å². The number of carbonyl (C=O) groups excluding carboxylic acids is 1. The van der Waals surface area contributed by atoms with Crippen LogP contribution in [0.15, 0.2) is 36.7 Å². The highest BCUT2D eigenvalue weighted by atomic mass is 32.1. The van der Waals surface area contributed by atoms with Crippen LogP contribution in [0.25, 0.3) is 0 Å². The van der Waals surface area contributed by atoms with Gasteiger partial charge in [0.1, 0.15) is 4.99 Å². The number of carbonyl (C=O) groups is 1. The fourth-order valence-corrected chi connectivity index (χ4v) is 1.77. The Balaban J connectivity index is 1.98. The van der Waals surface area contributed by atoms with Crippen LogP contribution >= 0.6 is 12.2 Å². The molecule has 0 radical (unpaired) electrons. The van der Waals surface area contributed by atoms with Gasteiger partial charge in [-0.3, -0.25) is 9.48 Å². The molecule has 98 valence electrons. The average Bonchev–Trinajstić information content (AvgIpc) is 2.82. The van der Waals surface area contributed by atoms with E-state index >= 15 is 0 Å². The molecule has 0 spiro atoms. The summed E-state index contributed by atoms with van der Waals surface area (Å²) >= 11 is 4.86. The van der Waals surface area contributed by atoms with Gasteiger partial charge in [-0.2, -0.15) is 5.10 Å². The van der Waals surface area contributed by atoms with Gasteiger partial charge in [0.05, 0.1) is 6.20 Å². The summed E-state index contributed by atoms with van der Waals surface area (Å²) in [4.78, 5) is 12.2. The Hall–Kier alpha value is -2.21. The predicted octanol–water partition coefficient (Wildman–Crippen LogP) is 0.984. The maximum atomic E-state index is 11.9.